The Bertz CT molecular complexity index is 247. The molecule has 1 rings (SSSR count). The van der Waals surface area contributed by atoms with Gasteiger partial charge in [0.05, 0.1) is 6.54 Å². The lowest BCUT2D eigenvalue weighted by Crippen LogP contribution is -3.00. The zero-order valence-corrected chi connectivity index (χ0v) is 12.6. The molecule has 0 amide bonds. The normalized spacial score (nSPS) is 10.3. The number of unbranched alkanes of at least 4 members (excludes halogenated alkanes) is 9. The van der Waals surface area contributed by atoms with Crippen molar-refractivity contribution in [1.82, 2.24) is 4.98 Å². The van der Waals surface area contributed by atoms with Crippen molar-refractivity contribution in [2.45, 2.75) is 77.7 Å². The van der Waals surface area contributed by atoms with E-state index in [-0.39, 0.29) is 12.4 Å². The molecule has 18 heavy (non-hydrogen) atoms. The predicted molar refractivity (Wildman–Crippen MR) is 72.8 cm³/mol. The molecule has 0 fully saturated rings. The van der Waals surface area contributed by atoms with Gasteiger partial charge >= 0.3 is 0 Å². The molecule has 0 saturated carbocycles. The first kappa shape index (κ1) is 17.5. The smallest absolute Gasteiger partial charge is 0.241 e. The van der Waals surface area contributed by atoms with Gasteiger partial charge in [-0.1, -0.05) is 58.3 Å². The molecule has 1 aromatic rings. The summed E-state index contributed by atoms with van der Waals surface area (Å²) >= 11 is 0. The van der Waals surface area contributed by atoms with E-state index >= 15 is 0 Å². The summed E-state index contributed by atoms with van der Waals surface area (Å²) in [6, 6.07) is 0. The quantitative estimate of drug-likeness (QED) is 0.462. The van der Waals surface area contributed by atoms with Crippen LogP contribution in [0.15, 0.2) is 18.7 Å². The van der Waals surface area contributed by atoms with E-state index in [1.807, 2.05) is 12.5 Å². The summed E-state index contributed by atoms with van der Waals surface area (Å²) in [6.07, 6.45) is 20.2. The molecule has 3 heteroatoms. The third-order valence-electron chi connectivity index (χ3n) is 3.37. The number of imidazole rings is 1. The molecule has 1 N–H and O–H groups in total. The maximum absolute atomic E-state index is 3.08. The van der Waals surface area contributed by atoms with Crippen molar-refractivity contribution in [2.24, 2.45) is 0 Å². The van der Waals surface area contributed by atoms with E-state index < -0.39 is 0 Å². The minimum Gasteiger partial charge on any atom is -1.00 e. The summed E-state index contributed by atoms with van der Waals surface area (Å²) in [5, 5.41) is 0. The first-order valence-electron chi connectivity index (χ1n) is 7.45. The Morgan fingerprint density at radius 2 is 1.39 bits per heavy atom. The summed E-state index contributed by atoms with van der Waals surface area (Å²) in [6.45, 7) is 3.45. The number of hydrogen-bond acceptors (Lipinski definition) is 0. The molecule has 2 nitrogen and oxygen atoms in total. The molecule has 106 valence electrons. The second-order valence-corrected chi connectivity index (χ2v) is 5.03. The molecular formula is C15H29ClN2. The Morgan fingerprint density at radius 3 is 1.89 bits per heavy atom. The highest BCUT2D eigenvalue weighted by Gasteiger charge is 1.96. The Labute approximate surface area is 119 Å². The highest BCUT2D eigenvalue weighted by Crippen LogP contribution is 2.10. The van der Waals surface area contributed by atoms with E-state index in [4.69, 9.17) is 0 Å². The van der Waals surface area contributed by atoms with Crippen LogP contribution in [-0.2, 0) is 6.54 Å². The predicted octanol–water partition coefficient (Wildman–Crippen LogP) is 1.23. The minimum atomic E-state index is 0. The van der Waals surface area contributed by atoms with Crippen molar-refractivity contribution in [1.29, 1.82) is 0 Å². The van der Waals surface area contributed by atoms with Crippen LogP contribution in [0.5, 0.6) is 0 Å². The van der Waals surface area contributed by atoms with E-state index in [9.17, 15) is 0 Å². The van der Waals surface area contributed by atoms with Crippen LogP contribution >= 0.6 is 0 Å². The van der Waals surface area contributed by atoms with Gasteiger partial charge in [0.25, 0.3) is 0 Å². The van der Waals surface area contributed by atoms with Crippen LogP contribution in [0.25, 0.3) is 0 Å². The number of nitrogens with zero attached hydrogens (tertiary/aromatic N) is 1. The molecule has 0 aromatic carbocycles. The third-order valence-corrected chi connectivity index (χ3v) is 3.37. The van der Waals surface area contributed by atoms with E-state index in [0.717, 1.165) is 0 Å². The molecule has 0 aliphatic rings. The van der Waals surface area contributed by atoms with Crippen molar-refractivity contribution in [2.75, 3.05) is 0 Å². The molecule has 0 saturated heterocycles. The molecule has 1 aromatic heterocycles. The van der Waals surface area contributed by atoms with E-state index in [1.54, 1.807) is 0 Å². The van der Waals surface area contributed by atoms with Gasteiger partial charge in [-0.25, -0.2) is 4.57 Å². The first-order chi connectivity index (χ1) is 8.43. The van der Waals surface area contributed by atoms with Gasteiger partial charge in [0.2, 0.25) is 6.33 Å². The van der Waals surface area contributed by atoms with E-state index in [1.165, 1.54) is 70.8 Å². The second-order valence-electron chi connectivity index (χ2n) is 5.03. The molecule has 0 aliphatic heterocycles. The van der Waals surface area contributed by atoms with Gasteiger partial charge < -0.3 is 12.4 Å². The van der Waals surface area contributed by atoms with Crippen LogP contribution < -0.4 is 17.0 Å². The summed E-state index contributed by atoms with van der Waals surface area (Å²) in [4.78, 5) is 3.08. The highest BCUT2D eigenvalue weighted by atomic mass is 35.5. The Hall–Kier alpha value is -0.500. The SMILES string of the molecule is CCCCCCCCCCCC[n+]1cc[nH]c1.[Cl-]. The Morgan fingerprint density at radius 1 is 0.833 bits per heavy atom. The average Bonchev–Trinajstić information content (AvgIpc) is 2.85. The van der Waals surface area contributed by atoms with Gasteiger partial charge in [0, 0.05) is 0 Å². The van der Waals surface area contributed by atoms with Crippen LogP contribution in [0.4, 0.5) is 0 Å². The summed E-state index contributed by atoms with van der Waals surface area (Å²) in [5.41, 5.74) is 0. The molecule has 1 heterocycles. The third kappa shape index (κ3) is 9.52. The lowest BCUT2D eigenvalue weighted by molar-refractivity contribution is -0.696. The maximum Gasteiger partial charge on any atom is 0.241 e. The van der Waals surface area contributed by atoms with Gasteiger partial charge in [-0.3, -0.25) is 4.98 Å². The molecule has 0 aliphatic carbocycles. The van der Waals surface area contributed by atoms with Gasteiger partial charge in [0.1, 0.15) is 12.4 Å². The van der Waals surface area contributed by atoms with Crippen molar-refractivity contribution in [3.63, 3.8) is 0 Å². The number of hydrogen-bond donors (Lipinski definition) is 1. The largest absolute Gasteiger partial charge is 1.00 e. The number of nitrogens with one attached hydrogen (secondary N) is 1. The molecular weight excluding hydrogens is 244 g/mol. The number of rotatable bonds is 11. The summed E-state index contributed by atoms with van der Waals surface area (Å²) < 4.78 is 2.23. The summed E-state index contributed by atoms with van der Waals surface area (Å²) in [7, 11) is 0. The first-order valence-corrected chi connectivity index (χ1v) is 7.45. The van der Waals surface area contributed by atoms with Crippen LogP contribution in [0.2, 0.25) is 0 Å². The maximum atomic E-state index is 3.08. The van der Waals surface area contributed by atoms with Gasteiger partial charge in [0.15, 0.2) is 0 Å². The van der Waals surface area contributed by atoms with Crippen molar-refractivity contribution < 1.29 is 17.0 Å². The lowest BCUT2D eigenvalue weighted by atomic mass is 10.1. The average molecular weight is 273 g/mol. The Balaban J connectivity index is 0.00000289. The minimum absolute atomic E-state index is 0. The molecule has 0 radical (unpaired) electrons. The Kier molecular flexibility index (Phi) is 12.6. The van der Waals surface area contributed by atoms with Crippen molar-refractivity contribution in [3.8, 4) is 0 Å². The lowest BCUT2D eigenvalue weighted by Gasteiger charge is -2.01. The summed E-state index contributed by atoms with van der Waals surface area (Å²) in [5.74, 6) is 0. The fourth-order valence-corrected chi connectivity index (χ4v) is 2.24. The van der Waals surface area contributed by atoms with Crippen molar-refractivity contribution in [3.05, 3.63) is 18.7 Å². The van der Waals surface area contributed by atoms with Crippen LogP contribution in [-0.4, -0.2) is 4.98 Å². The highest BCUT2D eigenvalue weighted by molar-refractivity contribution is 4.55. The van der Waals surface area contributed by atoms with Gasteiger partial charge in [-0.15, -0.1) is 0 Å². The fraction of sp³-hybridized carbons (Fsp3) is 0.800. The monoisotopic (exact) mass is 272 g/mol. The van der Waals surface area contributed by atoms with Crippen molar-refractivity contribution >= 4 is 0 Å². The van der Waals surface area contributed by atoms with E-state index in [0.29, 0.717) is 0 Å². The molecule has 0 spiro atoms. The molecule has 0 unspecified atom stereocenters. The topological polar surface area (TPSA) is 19.7 Å². The zero-order chi connectivity index (χ0) is 12.2. The number of H-pyrrole nitrogens is 1. The van der Waals surface area contributed by atoms with Gasteiger partial charge in [-0.05, 0) is 12.8 Å². The van der Waals surface area contributed by atoms with Crippen LogP contribution in [0.1, 0.15) is 71.1 Å². The van der Waals surface area contributed by atoms with Crippen LogP contribution in [0, 0.1) is 0 Å². The standard InChI is InChI=1S/C15H28N2.ClH/c1-2-3-4-5-6-7-8-9-10-11-13-17-14-12-16-15-17;/h12,14-15H,2-11,13H2,1H3;1H. The van der Waals surface area contributed by atoms with E-state index in [2.05, 4.69) is 22.7 Å². The number of halogens is 1. The zero-order valence-electron chi connectivity index (χ0n) is 11.8. The van der Waals surface area contributed by atoms with Gasteiger partial charge in [-0.2, -0.15) is 0 Å². The molecule has 0 atom stereocenters. The number of aromatic amines is 1. The number of aryl methyl sites for hydroxylation is 1. The van der Waals surface area contributed by atoms with Crippen LogP contribution in [0.3, 0.4) is 0 Å². The fourth-order valence-electron chi connectivity index (χ4n) is 2.24. The molecule has 0 bridgehead atoms. The second kappa shape index (κ2) is 12.9. The number of aromatic nitrogens is 2.